The second-order valence-corrected chi connectivity index (χ2v) is 5.06. The van der Waals surface area contributed by atoms with Gasteiger partial charge in [-0.15, -0.1) is 0 Å². The van der Waals surface area contributed by atoms with Gasteiger partial charge in [0.15, 0.2) is 5.84 Å². The molecule has 1 amide bonds. The molecule has 0 saturated carbocycles. The molecule has 1 atom stereocenters. The van der Waals surface area contributed by atoms with Crippen LogP contribution in [0.1, 0.15) is 29.3 Å². The van der Waals surface area contributed by atoms with Crippen LogP contribution in [0, 0.1) is 0 Å². The highest BCUT2D eigenvalue weighted by atomic mass is 79.9. The summed E-state index contributed by atoms with van der Waals surface area (Å²) < 4.78 is 39.0. The number of benzene rings is 1. The van der Waals surface area contributed by atoms with E-state index < -0.39 is 29.3 Å². The maximum atomic E-state index is 12.9. The van der Waals surface area contributed by atoms with Crippen molar-refractivity contribution < 1.29 is 23.2 Å². The van der Waals surface area contributed by atoms with Gasteiger partial charge in [0, 0.05) is 4.47 Å². The van der Waals surface area contributed by atoms with Gasteiger partial charge in [-0.3, -0.25) is 4.79 Å². The zero-order valence-electron chi connectivity index (χ0n) is 10.9. The van der Waals surface area contributed by atoms with Crippen molar-refractivity contribution in [1.29, 1.82) is 0 Å². The van der Waals surface area contributed by atoms with Crippen LogP contribution in [0.15, 0.2) is 27.8 Å². The Bertz CT molecular complexity index is 561. The highest BCUT2D eigenvalue weighted by Gasteiger charge is 2.35. The maximum absolute atomic E-state index is 12.9. The smallest absolute Gasteiger partial charge is 0.409 e. The summed E-state index contributed by atoms with van der Waals surface area (Å²) >= 11 is 2.93. The Labute approximate surface area is 127 Å². The van der Waals surface area contributed by atoms with Gasteiger partial charge in [0.25, 0.3) is 5.91 Å². The van der Waals surface area contributed by atoms with Crippen molar-refractivity contribution >= 4 is 27.7 Å². The Morgan fingerprint density at radius 1 is 1.52 bits per heavy atom. The van der Waals surface area contributed by atoms with Crippen LogP contribution >= 0.6 is 15.9 Å². The first-order valence-electron chi connectivity index (χ1n) is 5.85. The van der Waals surface area contributed by atoms with Crippen LogP contribution in [0.25, 0.3) is 0 Å². The van der Waals surface area contributed by atoms with Gasteiger partial charge in [-0.2, -0.15) is 13.2 Å². The van der Waals surface area contributed by atoms with Crippen LogP contribution in [0.5, 0.6) is 0 Å². The number of alkyl halides is 3. The molecule has 1 unspecified atom stereocenters. The third kappa shape index (κ3) is 4.35. The molecular formula is C12H13BrF3N3O2. The number of rotatable bonds is 4. The largest absolute Gasteiger partial charge is 0.417 e. The summed E-state index contributed by atoms with van der Waals surface area (Å²) in [5, 5.41) is 13.6. The van der Waals surface area contributed by atoms with Crippen LogP contribution in [0.3, 0.4) is 0 Å². The third-order valence-electron chi connectivity index (χ3n) is 2.72. The molecule has 9 heteroatoms. The van der Waals surface area contributed by atoms with E-state index in [2.05, 4.69) is 26.4 Å². The lowest BCUT2D eigenvalue weighted by Gasteiger charge is -2.18. The molecule has 0 bridgehead atoms. The molecule has 0 aliphatic rings. The fraction of sp³-hybridized carbons (Fsp3) is 0.333. The molecule has 21 heavy (non-hydrogen) atoms. The van der Waals surface area contributed by atoms with Crippen molar-refractivity contribution in [3.05, 3.63) is 33.8 Å². The van der Waals surface area contributed by atoms with Gasteiger partial charge < -0.3 is 16.3 Å². The van der Waals surface area contributed by atoms with E-state index in [0.717, 1.165) is 12.1 Å². The second-order valence-electron chi connectivity index (χ2n) is 4.15. The third-order valence-corrected chi connectivity index (χ3v) is 3.21. The Hall–Kier alpha value is -1.77. The topological polar surface area (TPSA) is 87.7 Å². The van der Waals surface area contributed by atoms with Gasteiger partial charge in [0.05, 0.1) is 17.2 Å². The number of nitrogens with one attached hydrogen (secondary N) is 1. The zero-order chi connectivity index (χ0) is 16.2. The number of carbonyl (C=O) groups is 1. The van der Waals surface area contributed by atoms with Crippen molar-refractivity contribution in [3.8, 4) is 0 Å². The number of amides is 1. The average molecular weight is 368 g/mol. The molecule has 0 spiro atoms. The quantitative estimate of drug-likeness (QED) is 0.331. The molecular weight excluding hydrogens is 355 g/mol. The first-order valence-corrected chi connectivity index (χ1v) is 6.65. The van der Waals surface area contributed by atoms with E-state index in [1.165, 1.54) is 6.07 Å². The van der Waals surface area contributed by atoms with Crippen molar-refractivity contribution in [2.45, 2.75) is 25.6 Å². The zero-order valence-corrected chi connectivity index (χ0v) is 12.5. The van der Waals surface area contributed by atoms with E-state index in [1.807, 2.05) is 0 Å². The Kier molecular flexibility index (Phi) is 5.59. The molecule has 1 aromatic carbocycles. The lowest BCUT2D eigenvalue weighted by atomic mass is 10.1. The first kappa shape index (κ1) is 17.3. The molecule has 5 nitrogen and oxygen atoms in total. The summed E-state index contributed by atoms with van der Waals surface area (Å²) in [6.45, 7) is 1.63. The number of hydrogen-bond donors (Lipinski definition) is 3. The Balaban J connectivity index is 3.14. The summed E-state index contributed by atoms with van der Waals surface area (Å²) in [6.07, 6.45) is -4.41. The molecule has 0 aromatic heterocycles. The standard InChI is InChI=1S/C12H13BrF3N3O2/c1-2-9(10(17)19-21)18-11(20)7-4-3-6(13)5-8(7)12(14,15)16/h3-5,9,21H,2H2,1H3,(H2,17,19)(H,18,20). The summed E-state index contributed by atoms with van der Waals surface area (Å²) in [5.74, 6) is -1.23. The maximum Gasteiger partial charge on any atom is 0.417 e. The fourth-order valence-corrected chi connectivity index (χ4v) is 2.00. The molecule has 0 radical (unpaired) electrons. The molecule has 116 valence electrons. The minimum absolute atomic E-state index is 0.204. The summed E-state index contributed by atoms with van der Waals surface area (Å²) in [5.41, 5.74) is 3.76. The monoisotopic (exact) mass is 367 g/mol. The number of amidine groups is 1. The number of hydrogen-bond acceptors (Lipinski definition) is 3. The van der Waals surface area contributed by atoms with Crippen LogP contribution in [-0.2, 0) is 6.18 Å². The van der Waals surface area contributed by atoms with Crippen LogP contribution < -0.4 is 11.1 Å². The average Bonchev–Trinajstić information content (AvgIpc) is 2.42. The highest BCUT2D eigenvalue weighted by Crippen LogP contribution is 2.33. The molecule has 0 aliphatic carbocycles. The van der Waals surface area contributed by atoms with Crippen molar-refractivity contribution in [1.82, 2.24) is 5.32 Å². The number of oxime groups is 1. The van der Waals surface area contributed by atoms with Crippen LogP contribution in [0.4, 0.5) is 13.2 Å². The van der Waals surface area contributed by atoms with Gasteiger partial charge in [0.1, 0.15) is 0 Å². The van der Waals surface area contributed by atoms with E-state index in [9.17, 15) is 18.0 Å². The van der Waals surface area contributed by atoms with E-state index in [4.69, 9.17) is 10.9 Å². The van der Waals surface area contributed by atoms with Gasteiger partial charge in [0.2, 0.25) is 0 Å². The predicted octanol–water partition coefficient (Wildman–Crippen LogP) is 2.72. The van der Waals surface area contributed by atoms with Gasteiger partial charge >= 0.3 is 6.18 Å². The number of nitrogens with two attached hydrogens (primary N) is 1. The molecule has 0 fully saturated rings. The first-order chi connectivity index (χ1) is 9.70. The second kappa shape index (κ2) is 6.79. The van der Waals surface area contributed by atoms with E-state index in [0.29, 0.717) is 0 Å². The minimum Gasteiger partial charge on any atom is -0.409 e. The van der Waals surface area contributed by atoms with E-state index in [1.54, 1.807) is 6.92 Å². The Morgan fingerprint density at radius 2 is 2.14 bits per heavy atom. The van der Waals surface area contributed by atoms with Gasteiger partial charge in [-0.1, -0.05) is 28.0 Å². The molecule has 0 heterocycles. The lowest BCUT2D eigenvalue weighted by molar-refractivity contribution is -0.138. The molecule has 1 rings (SSSR count). The number of carbonyl (C=O) groups excluding carboxylic acids is 1. The number of nitrogens with zero attached hydrogens (tertiary/aromatic N) is 1. The minimum atomic E-state index is -4.67. The summed E-state index contributed by atoms with van der Waals surface area (Å²) in [7, 11) is 0. The lowest BCUT2D eigenvalue weighted by Crippen LogP contribution is -2.44. The summed E-state index contributed by atoms with van der Waals surface area (Å²) in [4.78, 5) is 12.0. The van der Waals surface area contributed by atoms with Gasteiger partial charge in [-0.25, -0.2) is 0 Å². The molecule has 1 aromatic rings. The van der Waals surface area contributed by atoms with Crippen molar-refractivity contribution in [3.63, 3.8) is 0 Å². The van der Waals surface area contributed by atoms with Gasteiger partial charge in [-0.05, 0) is 24.6 Å². The predicted molar refractivity (Wildman–Crippen MR) is 74.1 cm³/mol. The van der Waals surface area contributed by atoms with Crippen molar-refractivity contribution in [2.75, 3.05) is 0 Å². The van der Waals surface area contributed by atoms with E-state index >= 15 is 0 Å². The summed E-state index contributed by atoms with van der Waals surface area (Å²) in [6, 6.07) is 2.35. The normalized spacial score (nSPS) is 13.9. The Morgan fingerprint density at radius 3 is 2.62 bits per heavy atom. The van der Waals surface area contributed by atoms with Crippen LogP contribution in [-0.4, -0.2) is 23.0 Å². The van der Waals surface area contributed by atoms with Crippen molar-refractivity contribution in [2.24, 2.45) is 10.9 Å². The highest BCUT2D eigenvalue weighted by molar-refractivity contribution is 9.10. The molecule has 0 saturated heterocycles. The van der Waals surface area contributed by atoms with Crippen LogP contribution in [0.2, 0.25) is 0 Å². The fourth-order valence-electron chi connectivity index (χ4n) is 1.64. The van der Waals surface area contributed by atoms with E-state index in [-0.39, 0.29) is 16.7 Å². The molecule has 4 N–H and O–H groups in total. The number of halogens is 4. The molecule has 0 aliphatic heterocycles. The SMILES string of the molecule is CCC(NC(=O)c1ccc(Br)cc1C(F)(F)F)/C(N)=N/O.